The number of nitrogens with zero attached hydrogens (tertiary/aromatic N) is 2. The van der Waals surface area contributed by atoms with Crippen LogP contribution in [0.4, 0.5) is 0 Å². The molecule has 0 spiro atoms. The third-order valence-electron chi connectivity index (χ3n) is 2.60. The molecule has 2 aromatic rings. The molecule has 0 aromatic carbocycles. The van der Waals surface area contributed by atoms with Gasteiger partial charge in [0, 0.05) is 7.05 Å². The number of aromatic nitrogens is 3. The van der Waals surface area contributed by atoms with Crippen molar-refractivity contribution >= 4 is 17.1 Å². The van der Waals surface area contributed by atoms with E-state index in [9.17, 15) is 9.59 Å². The zero-order valence-corrected chi connectivity index (χ0v) is 9.90. The standard InChI is InChI=1S/C11H13N3O3/c1-4-17-11(16)7-5-8-9(13-10(7)15)14(3)6(2)12-8/h5H,4H2,1-3H3,(H,13,15). The van der Waals surface area contributed by atoms with Gasteiger partial charge in [0.25, 0.3) is 5.56 Å². The van der Waals surface area contributed by atoms with Crippen LogP contribution in [-0.2, 0) is 11.8 Å². The van der Waals surface area contributed by atoms with E-state index < -0.39 is 11.5 Å². The molecule has 90 valence electrons. The van der Waals surface area contributed by atoms with Gasteiger partial charge in [0.2, 0.25) is 0 Å². The summed E-state index contributed by atoms with van der Waals surface area (Å²) >= 11 is 0. The van der Waals surface area contributed by atoms with E-state index in [0.29, 0.717) is 11.2 Å². The molecule has 2 aromatic heterocycles. The monoisotopic (exact) mass is 235 g/mol. The molecular weight excluding hydrogens is 222 g/mol. The number of imidazole rings is 1. The highest BCUT2D eigenvalue weighted by molar-refractivity contribution is 5.92. The van der Waals surface area contributed by atoms with E-state index in [-0.39, 0.29) is 12.2 Å². The Labute approximate surface area is 97.2 Å². The fourth-order valence-corrected chi connectivity index (χ4v) is 1.62. The van der Waals surface area contributed by atoms with Crippen molar-refractivity contribution < 1.29 is 9.53 Å². The lowest BCUT2D eigenvalue weighted by Gasteiger charge is -2.01. The van der Waals surface area contributed by atoms with Gasteiger partial charge in [-0.05, 0) is 19.9 Å². The summed E-state index contributed by atoms with van der Waals surface area (Å²) in [7, 11) is 1.80. The first-order valence-corrected chi connectivity index (χ1v) is 5.28. The zero-order valence-electron chi connectivity index (χ0n) is 9.90. The van der Waals surface area contributed by atoms with Gasteiger partial charge >= 0.3 is 5.97 Å². The second-order valence-corrected chi connectivity index (χ2v) is 3.68. The Morgan fingerprint density at radius 1 is 1.59 bits per heavy atom. The summed E-state index contributed by atoms with van der Waals surface area (Å²) < 4.78 is 6.56. The fourth-order valence-electron chi connectivity index (χ4n) is 1.62. The average molecular weight is 235 g/mol. The number of nitrogens with one attached hydrogen (secondary N) is 1. The molecule has 0 unspecified atom stereocenters. The first-order chi connectivity index (χ1) is 8.04. The predicted molar refractivity (Wildman–Crippen MR) is 62.0 cm³/mol. The van der Waals surface area contributed by atoms with E-state index in [4.69, 9.17) is 4.74 Å². The molecule has 2 heterocycles. The first-order valence-electron chi connectivity index (χ1n) is 5.28. The number of hydrogen-bond donors (Lipinski definition) is 1. The van der Waals surface area contributed by atoms with Gasteiger partial charge in [0.05, 0.1) is 6.61 Å². The Balaban J connectivity index is 2.64. The van der Waals surface area contributed by atoms with Crippen LogP contribution in [0.15, 0.2) is 10.9 Å². The molecule has 0 aliphatic heterocycles. The van der Waals surface area contributed by atoms with Gasteiger partial charge in [0.15, 0.2) is 0 Å². The number of esters is 1. The SMILES string of the molecule is CCOC(=O)c1cc2nc(C)n(C)c2[nH]c1=O. The Hall–Kier alpha value is -2.11. The third-order valence-corrected chi connectivity index (χ3v) is 2.60. The van der Waals surface area contributed by atoms with Crippen molar-refractivity contribution in [2.24, 2.45) is 7.05 Å². The normalized spacial score (nSPS) is 10.8. The number of aryl methyl sites for hydroxylation is 2. The molecule has 1 N–H and O–H groups in total. The highest BCUT2D eigenvalue weighted by Crippen LogP contribution is 2.11. The summed E-state index contributed by atoms with van der Waals surface area (Å²) in [5, 5.41) is 0. The molecule has 0 fully saturated rings. The number of H-pyrrole nitrogens is 1. The minimum Gasteiger partial charge on any atom is -0.462 e. The first kappa shape index (κ1) is 11.4. The molecule has 6 heteroatoms. The van der Waals surface area contributed by atoms with Crippen molar-refractivity contribution in [2.45, 2.75) is 13.8 Å². The van der Waals surface area contributed by atoms with Crippen molar-refractivity contribution in [1.82, 2.24) is 14.5 Å². The third kappa shape index (κ3) is 1.82. The number of ether oxygens (including phenoxy) is 1. The molecule has 0 aliphatic rings. The molecular formula is C11H13N3O3. The topological polar surface area (TPSA) is 77.0 Å². The molecule has 0 amide bonds. The fraction of sp³-hybridized carbons (Fsp3) is 0.364. The average Bonchev–Trinajstić information content (AvgIpc) is 2.55. The molecule has 2 rings (SSSR count). The largest absolute Gasteiger partial charge is 0.462 e. The van der Waals surface area contributed by atoms with Crippen LogP contribution in [0.5, 0.6) is 0 Å². The summed E-state index contributed by atoms with van der Waals surface area (Å²) in [5.41, 5.74) is 0.699. The minimum atomic E-state index is -0.626. The van der Waals surface area contributed by atoms with Crippen LogP contribution in [0, 0.1) is 6.92 Å². The molecule has 0 aliphatic carbocycles. The number of rotatable bonds is 2. The number of hydrogen-bond acceptors (Lipinski definition) is 4. The maximum Gasteiger partial charge on any atom is 0.343 e. The lowest BCUT2D eigenvalue weighted by Crippen LogP contribution is -2.20. The van der Waals surface area contributed by atoms with E-state index in [2.05, 4.69) is 9.97 Å². The van der Waals surface area contributed by atoms with Crippen molar-refractivity contribution in [3.05, 3.63) is 27.8 Å². The number of aromatic amines is 1. The van der Waals surface area contributed by atoms with Gasteiger partial charge in [-0.1, -0.05) is 0 Å². The van der Waals surface area contributed by atoms with Crippen molar-refractivity contribution in [3.8, 4) is 0 Å². The molecule has 6 nitrogen and oxygen atoms in total. The van der Waals surface area contributed by atoms with Gasteiger partial charge in [-0.15, -0.1) is 0 Å². The maximum atomic E-state index is 11.7. The highest BCUT2D eigenvalue weighted by Gasteiger charge is 2.15. The molecule has 0 atom stereocenters. The Morgan fingerprint density at radius 2 is 2.29 bits per heavy atom. The zero-order chi connectivity index (χ0) is 12.6. The summed E-state index contributed by atoms with van der Waals surface area (Å²) in [5.74, 6) is 0.135. The molecule has 0 bridgehead atoms. The Morgan fingerprint density at radius 3 is 2.94 bits per heavy atom. The van der Waals surface area contributed by atoms with Crippen molar-refractivity contribution in [2.75, 3.05) is 6.61 Å². The van der Waals surface area contributed by atoms with E-state index in [1.807, 2.05) is 6.92 Å². The second-order valence-electron chi connectivity index (χ2n) is 3.68. The van der Waals surface area contributed by atoms with Crippen LogP contribution < -0.4 is 5.56 Å². The smallest absolute Gasteiger partial charge is 0.343 e. The van der Waals surface area contributed by atoms with Gasteiger partial charge in [-0.25, -0.2) is 9.78 Å². The van der Waals surface area contributed by atoms with E-state index >= 15 is 0 Å². The highest BCUT2D eigenvalue weighted by atomic mass is 16.5. The van der Waals surface area contributed by atoms with E-state index in [0.717, 1.165) is 5.82 Å². The van der Waals surface area contributed by atoms with Crippen LogP contribution in [0.1, 0.15) is 23.1 Å². The molecule has 17 heavy (non-hydrogen) atoms. The van der Waals surface area contributed by atoms with Crippen LogP contribution in [0.25, 0.3) is 11.2 Å². The number of fused-ring (bicyclic) bond motifs is 1. The molecule has 0 radical (unpaired) electrons. The number of carbonyl (C=O) groups excluding carboxylic acids is 1. The van der Waals surface area contributed by atoms with E-state index in [1.54, 1.807) is 18.5 Å². The summed E-state index contributed by atoms with van der Waals surface area (Å²) in [6.45, 7) is 3.75. The maximum absolute atomic E-state index is 11.7. The molecule has 0 saturated heterocycles. The lowest BCUT2D eigenvalue weighted by atomic mass is 10.2. The minimum absolute atomic E-state index is 0.0162. The van der Waals surface area contributed by atoms with Gasteiger partial charge in [-0.3, -0.25) is 4.79 Å². The van der Waals surface area contributed by atoms with Gasteiger partial charge in [-0.2, -0.15) is 0 Å². The van der Waals surface area contributed by atoms with Crippen LogP contribution in [0.3, 0.4) is 0 Å². The summed E-state index contributed by atoms with van der Waals surface area (Å²) in [4.78, 5) is 30.1. The molecule has 0 saturated carbocycles. The number of carbonyl (C=O) groups is 1. The van der Waals surface area contributed by atoms with Crippen LogP contribution >= 0.6 is 0 Å². The summed E-state index contributed by atoms with van der Waals surface area (Å²) in [6.07, 6.45) is 0. The van der Waals surface area contributed by atoms with Gasteiger partial charge in [0.1, 0.15) is 22.6 Å². The number of pyridine rings is 1. The summed E-state index contributed by atoms with van der Waals surface area (Å²) in [6, 6.07) is 1.46. The quantitative estimate of drug-likeness (QED) is 0.779. The van der Waals surface area contributed by atoms with Crippen molar-refractivity contribution in [1.29, 1.82) is 0 Å². The predicted octanol–water partition coefficient (Wildman–Crippen LogP) is 0.747. The lowest BCUT2D eigenvalue weighted by molar-refractivity contribution is 0.0524. The van der Waals surface area contributed by atoms with Crippen LogP contribution in [0.2, 0.25) is 0 Å². The van der Waals surface area contributed by atoms with Crippen molar-refractivity contribution in [3.63, 3.8) is 0 Å². The van der Waals surface area contributed by atoms with Gasteiger partial charge < -0.3 is 14.3 Å². The van der Waals surface area contributed by atoms with Crippen LogP contribution in [-0.4, -0.2) is 27.1 Å². The second kappa shape index (κ2) is 4.04. The Bertz CT molecular complexity index is 639. The Kier molecular flexibility index (Phi) is 2.71. The van der Waals surface area contributed by atoms with E-state index in [1.165, 1.54) is 6.07 Å².